The largest absolute Gasteiger partial charge is 0.396 e. The summed E-state index contributed by atoms with van der Waals surface area (Å²) in [6, 6.07) is 6.89. The monoisotopic (exact) mass is 378 g/mol. The van der Waals surface area contributed by atoms with Crippen molar-refractivity contribution in [2.24, 2.45) is 16.1 Å². The number of aromatic nitrogens is 2. The number of aliphatic hydroxyl groups is 1. The molecule has 2 atom stereocenters. The van der Waals surface area contributed by atoms with Gasteiger partial charge in [-0.1, -0.05) is 35.4 Å². The Bertz CT molecular complexity index is 809. The number of hydrogen-bond acceptors (Lipinski definition) is 7. The van der Waals surface area contributed by atoms with Gasteiger partial charge >= 0.3 is 0 Å². The van der Waals surface area contributed by atoms with E-state index < -0.39 is 0 Å². The molecule has 0 bridgehead atoms. The van der Waals surface area contributed by atoms with Crippen LogP contribution in [-0.4, -0.2) is 27.7 Å². The minimum Gasteiger partial charge on any atom is -0.396 e. The molecule has 2 aromatic rings. The molecule has 0 unspecified atom stereocenters. The summed E-state index contributed by atoms with van der Waals surface area (Å²) in [5.41, 5.74) is 6.60. The summed E-state index contributed by atoms with van der Waals surface area (Å²) in [5, 5.41) is 21.5. The Hall–Kier alpha value is -2.22. The summed E-state index contributed by atoms with van der Waals surface area (Å²) < 4.78 is 0. The lowest BCUT2D eigenvalue weighted by Crippen LogP contribution is -2.18. The van der Waals surface area contributed by atoms with Crippen molar-refractivity contribution in [3.05, 3.63) is 46.6 Å². The summed E-state index contributed by atoms with van der Waals surface area (Å²) in [7, 11) is 0. The molecule has 1 aromatic carbocycles. The van der Waals surface area contributed by atoms with Gasteiger partial charge in [-0.3, -0.25) is 0 Å². The van der Waals surface area contributed by atoms with Crippen LogP contribution in [0, 0.1) is 5.92 Å². The topological polar surface area (TPSA) is 109 Å². The number of benzene rings is 1. The molecule has 1 aliphatic rings. The van der Waals surface area contributed by atoms with Gasteiger partial charge in [0.25, 0.3) is 0 Å². The van der Waals surface area contributed by atoms with E-state index in [4.69, 9.17) is 28.9 Å². The summed E-state index contributed by atoms with van der Waals surface area (Å²) in [6.45, 7) is 0.102. The van der Waals surface area contributed by atoms with E-state index in [0.717, 1.165) is 6.42 Å². The zero-order valence-corrected chi connectivity index (χ0v) is 14.6. The maximum Gasteiger partial charge on any atom is 0.223 e. The number of halogens is 2. The zero-order chi connectivity index (χ0) is 17.8. The lowest BCUT2D eigenvalue weighted by Gasteiger charge is -2.15. The van der Waals surface area contributed by atoms with E-state index >= 15 is 0 Å². The van der Waals surface area contributed by atoms with Crippen LogP contribution in [-0.2, 0) is 0 Å². The fraction of sp³-hybridized carbons (Fsp3) is 0.250. The second-order valence-corrected chi connectivity index (χ2v) is 6.35. The Labute approximate surface area is 154 Å². The maximum atomic E-state index is 9.23. The zero-order valence-electron chi connectivity index (χ0n) is 13.1. The van der Waals surface area contributed by atoms with Crippen molar-refractivity contribution in [1.29, 1.82) is 0 Å². The van der Waals surface area contributed by atoms with Crippen molar-refractivity contribution < 1.29 is 5.11 Å². The van der Waals surface area contributed by atoms with Crippen molar-refractivity contribution in [3.63, 3.8) is 0 Å². The third kappa shape index (κ3) is 4.45. The molecule has 4 N–H and O–H groups in total. The lowest BCUT2D eigenvalue weighted by molar-refractivity contribution is 0.250. The second-order valence-electron chi connectivity index (χ2n) is 5.56. The molecule has 0 saturated heterocycles. The van der Waals surface area contributed by atoms with Gasteiger partial charge in [0.05, 0.1) is 5.69 Å². The second kappa shape index (κ2) is 7.77. The van der Waals surface area contributed by atoms with Crippen molar-refractivity contribution in [2.75, 3.05) is 17.7 Å². The number of anilines is 2. The molecule has 9 heteroatoms. The molecule has 0 saturated carbocycles. The van der Waals surface area contributed by atoms with Gasteiger partial charge in [0.1, 0.15) is 0 Å². The molecular weight excluding hydrogens is 363 g/mol. The molecular formula is C16H16Cl2N6O. The van der Waals surface area contributed by atoms with E-state index in [9.17, 15) is 5.11 Å². The summed E-state index contributed by atoms with van der Waals surface area (Å²) in [6.07, 6.45) is 4.66. The van der Waals surface area contributed by atoms with Gasteiger partial charge in [-0.25, -0.2) is 0 Å². The van der Waals surface area contributed by atoms with Crippen molar-refractivity contribution in [1.82, 2.24) is 9.97 Å². The molecule has 0 fully saturated rings. The highest BCUT2D eigenvalue weighted by atomic mass is 35.5. The van der Waals surface area contributed by atoms with Crippen LogP contribution in [0.15, 0.2) is 46.6 Å². The Morgan fingerprint density at radius 1 is 1.16 bits per heavy atom. The molecule has 130 valence electrons. The van der Waals surface area contributed by atoms with E-state index in [1.165, 1.54) is 0 Å². The fourth-order valence-electron chi connectivity index (χ4n) is 2.44. The SMILES string of the molecule is Nc1nc(Cl)c(N=Nc2ccc(Cl)cc2)c(N[C@@H]2C=C[C@H](CO)C2)n1. The summed E-state index contributed by atoms with van der Waals surface area (Å²) in [4.78, 5) is 8.10. The van der Waals surface area contributed by atoms with Gasteiger partial charge in [0.2, 0.25) is 5.95 Å². The number of aliphatic hydroxyl groups excluding tert-OH is 1. The summed E-state index contributed by atoms with van der Waals surface area (Å²) >= 11 is 12.0. The first-order valence-corrected chi connectivity index (χ1v) is 8.37. The normalized spacial score (nSPS) is 19.6. The van der Waals surface area contributed by atoms with Crippen LogP contribution in [0.2, 0.25) is 10.2 Å². The first-order valence-electron chi connectivity index (χ1n) is 7.61. The number of nitrogens with one attached hydrogen (secondary N) is 1. The highest BCUT2D eigenvalue weighted by Gasteiger charge is 2.21. The molecule has 1 aromatic heterocycles. The first kappa shape index (κ1) is 17.6. The lowest BCUT2D eigenvalue weighted by atomic mass is 10.1. The van der Waals surface area contributed by atoms with E-state index in [-0.39, 0.29) is 29.7 Å². The smallest absolute Gasteiger partial charge is 0.223 e. The fourth-order valence-corrected chi connectivity index (χ4v) is 2.78. The molecule has 0 radical (unpaired) electrons. The van der Waals surface area contributed by atoms with Gasteiger partial charge in [0.15, 0.2) is 16.7 Å². The van der Waals surface area contributed by atoms with Gasteiger partial charge in [-0.2, -0.15) is 15.1 Å². The van der Waals surface area contributed by atoms with Crippen molar-refractivity contribution in [3.8, 4) is 0 Å². The van der Waals surface area contributed by atoms with Gasteiger partial charge in [-0.05, 0) is 30.7 Å². The Balaban J connectivity index is 1.85. The Morgan fingerprint density at radius 3 is 2.60 bits per heavy atom. The predicted octanol–water partition coefficient (Wildman–Crippen LogP) is 4.13. The standard InChI is InChI=1S/C16H16Cl2N6O/c17-10-2-5-11(6-3-10)23-24-13-14(18)21-16(19)22-15(13)20-12-4-1-9(7-12)8-25/h1-6,9,12,25H,7-8H2,(H3,19,20,21,22)/t9-,12+/m0/s1. The maximum absolute atomic E-state index is 9.23. The number of nitrogens with zero attached hydrogens (tertiary/aromatic N) is 4. The van der Waals surface area contributed by atoms with Crippen LogP contribution in [0.25, 0.3) is 0 Å². The van der Waals surface area contributed by atoms with E-state index in [2.05, 4.69) is 25.5 Å². The van der Waals surface area contributed by atoms with Gasteiger partial charge in [0, 0.05) is 23.6 Å². The minimum atomic E-state index is -0.00741. The number of rotatable bonds is 5. The van der Waals surface area contributed by atoms with Crippen LogP contribution < -0.4 is 11.1 Å². The van der Waals surface area contributed by atoms with Gasteiger partial charge < -0.3 is 16.2 Å². The average molecular weight is 379 g/mol. The van der Waals surface area contributed by atoms with Crippen LogP contribution in [0.1, 0.15) is 6.42 Å². The Morgan fingerprint density at radius 2 is 1.92 bits per heavy atom. The van der Waals surface area contributed by atoms with Crippen molar-refractivity contribution in [2.45, 2.75) is 12.5 Å². The molecule has 0 spiro atoms. The predicted molar refractivity (Wildman–Crippen MR) is 98.8 cm³/mol. The first-order chi connectivity index (χ1) is 12.0. The van der Waals surface area contributed by atoms with E-state index in [0.29, 0.717) is 22.2 Å². The minimum absolute atomic E-state index is 0.00741. The highest BCUT2D eigenvalue weighted by molar-refractivity contribution is 6.32. The quantitative estimate of drug-likeness (QED) is 0.411. The summed E-state index contributed by atoms with van der Waals surface area (Å²) in [5.74, 6) is 0.549. The molecule has 7 nitrogen and oxygen atoms in total. The van der Waals surface area contributed by atoms with Crippen LogP contribution in [0.5, 0.6) is 0 Å². The number of azo groups is 1. The molecule has 3 rings (SSSR count). The number of nitrogen functional groups attached to an aromatic ring is 1. The number of nitrogens with two attached hydrogens (primary N) is 1. The van der Waals surface area contributed by atoms with E-state index in [1.807, 2.05) is 12.2 Å². The third-order valence-electron chi connectivity index (χ3n) is 3.68. The molecule has 1 aliphatic carbocycles. The average Bonchev–Trinajstić information content (AvgIpc) is 3.03. The van der Waals surface area contributed by atoms with Crippen molar-refractivity contribution >= 4 is 46.3 Å². The highest BCUT2D eigenvalue weighted by Crippen LogP contribution is 2.34. The molecule has 1 heterocycles. The number of hydrogen-bond donors (Lipinski definition) is 3. The molecule has 0 aliphatic heterocycles. The van der Waals surface area contributed by atoms with E-state index in [1.54, 1.807) is 24.3 Å². The third-order valence-corrected chi connectivity index (χ3v) is 4.20. The van der Waals surface area contributed by atoms with Crippen LogP contribution in [0.4, 0.5) is 23.1 Å². The molecule has 0 amide bonds. The van der Waals surface area contributed by atoms with Crippen LogP contribution in [0.3, 0.4) is 0 Å². The molecule has 25 heavy (non-hydrogen) atoms. The van der Waals surface area contributed by atoms with Crippen LogP contribution >= 0.6 is 23.2 Å². The Kier molecular flexibility index (Phi) is 5.47. The van der Waals surface area contributed by atoms with Gasteiger partial charge in [-0.15, -0.1) is 5.11 Å².